The third kappa shape index (κ3) is 3.34. The van der Waals surface area contributed by atoms with E-state index in [1.807, 2.05) is 48.5 Å². The number of aromatic nitrogens is 2. The van der Waals surface area contributed by atoms with Crippen molar-refractivity contribution >= 4 is 40.8 Å². The van der Waals surface area contributed by atoms with Crippen LogP contribution in [0.5, 0.6) is 5.75 Å². The van der Waals surface area contributed by atoms with Gasteiger partial charge in [-0.05, 0) is 42.0 Å². The van der Waals surface area contributed by atoms with E-state index in [9.17, 15) is 9.59 Å². The summed E-state index contributed by atoms with van der Waals surface area (Å²) in [5.74, 6) is 0.857. The number of nitrogens with one attached hydrogen (secondary N) is 2. The van der Waals surface area contributed by atoms with Crippen LogP contribution < -0.4 is 15.4 Å². The Kier molecular flexibility index (Phi) is 4.79. The molecule has 0 saturated heterocycles. The number of fused-ring (bicyclic) bond motifs is 3. The topological polar surface area (TPSA) is 85.2 Å². The Labute approximate surface area is 166 Å². The number of para-hydroxylation sites is 1. The van der Waals surface area contributed by atoms with Crippen LogP contribution in [0.1, 0.15) is 16.8 Å². The van der Waals surface area contributed by atoms with Crippen molar-refractivity contribution in [3.05, 3.63) is 58.9 Å². The van der Waals surface area contributed by atoms with Crippen molar-refractivity contribution in [3.8, 4) is 5.75 Å². The van der Waals surface area contributed by atoms with Crippen LogP contribution in [0.3, 0.4) is 0 Å². The van der Waals surface area contributed by atoms with E-state index < -0.39 is 6.04 Å². The molecule has 2 aromatic carbocycles. The maximum absolute atomic E-state index is 12.7. The van der Waals surface area contributed by atoms with Gasteiger partial charge in [0.15, 0.2) is 0 Å². The molecule has 0 bridgehead atoms. The number of rotatable bonds is 5. The molecule has 2 N–H and O–H groups in total. The van der Waals surface area contributed by atoms with E-state index >= 15 is 0 Å². The second-order valence-electron chi connectivity index (χ2n) is 6.46. The highest BCUT2D eigenvalue weighted by Crippen LogP contribution is 2.28. The predicted octanol–water partition coefficient (Wildman–Crippen LogP) is 2.92. The summed E-state index contributed by atoms with van der Waals surface area (Å²) < 4.78 is 6.68. The minimum atomic E-state index is -0.676. The normalized spacial score (nSPS) is 15.2. The van der Waals surface area contributed by atoms with E-state index in [2.05, 4.69) is 15.6 Å². The van der Waals surface area contributed by atoms with Crippen molar-refractivity contribution in [3.63, 3.8) is 0 Å². The van der Waals surface area contributed by atoms with Crippen LogP contribution in [-0.2, 0) is 11.3 Å². The molecule has 0 saturated carbocycles. The van der Waals surface area contributed by atoms with Gasteiger partial charge in [-0.2, -0.15) is 0 Å². The van der Waals surface area contributed by atoms with Crippen LogP contribution in [0, 0.1) is 4.77 Å². The standard InChI is InChI=1S/C20H18N4O3S/c1-27-13-8-6-12(7-9-13)11-21-17(25)10-16-19(26)24-18(22-16)14-4-2-3-5-15(14)23-20(24)28/h2-9,16,22H,10-11H2,1H3,(H,21,25)/t16-/m1/s1. The summed E-state index contributed by atoms with van der Waals surface area (Å²) in [5, 5.41) is 6.78. The minimum Gasteiger partial charge on any atom is -0.497 e. The summed E-state index contributed by atoms with van der Waals surface area (Å²) in [4.78, 5) is 29.4. The fourth-order valence-corrected chi connectivity index (χ4v) is 3.49. The average Bonchev–Trinajstić information content (AvgIpc) is 3.04. The Balaban J connectivity index is 1.46. The molecule has 0 spiro atoms. The van der Waals surface area contributed by atoms with Crippen LogP contribution in [0.25, 0.3) is 10.9 Å². The molecular weight excluding hydrogens is 376 g/mol. The number of carbonyl (C=O) groups excluding carboxylic acids is 2. The fraction of sp³-hybridized carbons (Fsp3) is 0.200. The molecule has 4 rings (SSSR count). The Hall–Kier alpha value is -3.26. The zero-order valence-electron chi connectivity index (χ0n) is 15.1. The molecule has 142 valence electrons. The first-order valence-electron chi connectivity index (χ1n) is 8.79. The van der Waals surface area contributed by atoms with Gasteiger partial charge < -0.3 is 15.4 Å². The number of hydrogen-bond acceptors (Lipinski definition) is 6. The van der Waals surface area contributed by atoms with Gasteiger partial charge in [-0.3, -0.25) is 9.59 Å². The number of nitrogens with zero attached hydrogens (tertiary/aromatic N) is 2. The van der Waals surface area contributed by atoms with Crippen LogP contribution in [0.15, 0.2) is 48.5 Å². The fourth-order valence-electron chi connectivity index (χ4n) is 3.21. The zero-order valence-corrected chi connectivity index (χ0v) is 16.0. The third-order valence-electron chi connectivity index (χ3n) is 4.66. The van der Waals surface area contributed by atoms with E-state index in [4.69, 9.17) is 17.0 Å². The molecule has 8 heteroatoms. The highest BCUT2D eigenvalue weighted by Gasteiger charge is 2.33. The number of hydrogen-bond donors (Lipinski definition) is 2. The quantitative estimate of drug-likeness (QED) is 0.648. The summed E-state index contributed by atoms with van der Waals surface area (Å²) in [6.07, 6.45) is 0.0137. The van der Waals surface area contributed by atoms with E-state index in [0.717, 1.165) is 16.7 Å². The lowest BCUT2D eigenvalue weighted by atomic mass is 10.2. The summed E-state index contributed by atoms with van der Waals surface area (Å²) >= 11 is 5.27. The lowest BCUT2D eigenvalue weighted by Crippen LogP contribution is -2.33. The lowest BCUT2D eigenvalue weighted by molar-refractivity contribution is -0.121. The van der Waals surface area contributed by atoms with Crippen molar-refractivity contribution in [2.45, 2.75) is 19.0 Å². The summed E-state index contributed by atoms with van der Waals surface area (Å²) in [6.45, 7) is 0.376. The first-order valence-corrected chi connectivity index (χ1v) is 9.20. The molecule has 1 aliphatic heterocycles. The van der Waals surface area contributed by atoms with Gasteiger partial charge in [-0.25, -0.2) is 9.55 Å². The molecule has 1 aromatic heterocycles. The number of anilines is 1. The number of methoxy groups -OCH3 is 1. The monoisotopic (exact) mass is 394 g/mol. The highest BCUT2D eigenvalue weighted by atomic mass is 32.1. The van der Waals surface area contributed by atoms with Gasteiger partial charge in [-0.1, -0.05) is 24.3 Å². The van der Waals surface area contributed by atoms with Gasteiger partial charge in [0.05, 0.1) is 19.0 Å². The van der Waals surface area contributed by atoms with E-state index in [1.54, 1.807) is 7.11 Å². The second-order valence-corrected chi connectivity index (χ2v) is 6.82. The average molecular weight is 394 g/mol. The largest absolute Gasteiger partial charge is 0.497 e. The van der Waals surface area contributed by atoms with Gasteiger partial charge in [0.1, 0.15) is 17.6 Å². The van der Waals surface area contributed by atoms with Crippen LogP contribution >= 0.6 is 12.2 Å². The van der Waals surface area contributed by atoms with Crippen molar-refractivity contribution in [2.75, 3.05) is 12.4 Å². The Morgan fingerprint density at radius 3 is 2.75 bits per heavy atom. The smallest absolute Gasteiger partial charge is 0.257 e. The predicted molar refractivity (Wildman–Crippen MR) is 108 cm³/mol. The second kappa shape index (κ2) is 7.40. The van der Waals surface area contributed by atoms with Crippen molar-refractivity contribution in [2.24, 2.45) is 0 Å². The SMILES string of the molecule is COc1ccc(CNC(=O)C[C@H]2Nc3c4ccccc4nc(=S)n3C2=O)cc1. The summed E-state index contributed by atoms with van der Waals surface area (Å²) in [5.41, 5.74) is 1.66. The maximum Gasteiger partial charge on any atom is 0.257 e. The lowest BCUT2D eigenvalue weighted by Gasteiger charge is -2.10. The molecule has 1 atom stereocenters. The van der Waals surface area contributed by atoms with Gasteiger partial charge >= 0.3 is 0 Å². The van der Waals surface area contributed by atoms with Gasteiger partial charge in [0.2, 0.25) is 10.7 Å². The van der Waals surface area contributed by atoms with Crippen molar-refractivity contribution < 1.29 is 14.3 Å². The van der Waals surface area contributed by atoms with Crippen molar-refractivity contribution in [1.82, 2.24) is 14.9 Å². The first kappa shape index (κ1) is 18.1. The Morgan fingerprint density at radius 1 is 1.25 bits per heavy atom. The van der Waals surface area contributed by atoms with Gasteiger partial charge in [0, 0.05) is 11.9 Å². The van der Waals surface area contributed by atoms with E-state index in [0.29, 0.717) is 17.9 Å². The maximum atomic E-state index is 12.7. The van der Waals surface area contributed by atoms with E-state index in [1.165, 1.54) is 4.57 Å². The number of carbonyl (C=O) groups is 2. The molecule has 1 aliphatic rings. The number of benzene rings is 2. The molecule has 28 heavy (non-hydrogen) atoms. The van der Waals surface area contributed by atoms with Gasteiger partial charge in [-0.15, -0.1) is 0 Å². The summed E-state index contributed by atoms with van der Waals surface area (Å²) in [7, 11) is 1.60. The van der Waals surface area contributed by atoms with Crippen LogP contribution in [0.4, 0.5) is 5.82 Å². The molecular formula is C20H18N4O3S. The molecule has 7 nitrogen and oxygen atoms in total. The van der Waals surface area contributed by atoms with Crippen molar-refractivity contribution in [1.29, 1.82) is 0 Å². The van der Waals surface area contributed by atoms with Gasteiger partial charge in [0.25, 0.3) is 5.91 Å². The Morgan fingerprint density at radius 2 is 2.00 bits per heavy atom. The summed E-state index contributed by atoms with van der Waals surface area (Å²) in [6, 6.07) is 14.2. The zero-order chi connectivity index (χ0) is 19.7. The molecule has 0 aliphatic carbocycles. The van der Waals surface area contributed by atoms with Crippen LogP contribution in [-0.4, -0.2) is 34.5 Å². The first-order chi connectivity index (χ1) is 13.6. The Bertz CT molecular complexity index is 1120. The number of amides is 1. The number of ether oxygens (including phenoxy) is 1. The molecule has 0 unspecified atom stereocenters. The highest BCUT2D eigenvalue weighted by molar-refractivity contribution is 7.71. The molecule has 1 amide bonds. The van der Waals surface area contributed by atoms with E-state index in [-0.39, 0.29) is 23.0 Å². The molecule has 3 aromatic rings. The molecule has 2 heterocycles. The molecule has 0 fully saturated rings. The minimum absolute atomic E-state index is 0.0137. The molecule has 0 radical (unpaired) electrons. The van der Waals surface area contributed by atoms with Crippen LogP contribution in [0.2, 0.25) is 0 Å². The third-order valence-corrected chi connectivity index (χ3v) is 4.93.